The number of ether oxygens (including phenoxy) is 1. The van der Waals surface area contributed by atoms with Crippen LogP contribution >= 0.6 is 0 Å². The minimum absolute atomic E-state index is 0.0559. The van der Waals surface area contributed by atoms with Crippen LogP contribution in [0.25, 0.3) is 0 Å². The van der Waals surface area contributed by atoms with Crippen molar-refractivity contribution in [2.24, 2.45) is 16.9 Å². The fourth-order valence-corrected chi connectivity index (χ4v) is 2.46. The highest BCUT2D eigenvalue weighted by atomic mass is 16.6. The van der Waals surface area contributed by atoms with E-state index in [-0.39, 0.29) is 17.9 Å². The van der Waals surface area contributed by atoms with Crippen molar-refractivity contribution >= 4 is 23.4 Å². The third-order valence-corrected chi connectivity index (χ3v) is 3.98. The zero-order valence-electron chi connectivity index (χ0n) is 12.6. The third kappa shape index (κ3) is 3.27. The molecule has 1 aliphatic carbocycles. The van der Waals surface area contributed by atoms with Gasteiger partial charge in [-0.25, -0.2) is 10.2 Å². The van der Waals surface area contributed by atoms with Gasteiger partial charge in [-0.05, 0) is 30.0 Å². The Balaban J connectivity index is 1.62. The Morgan fingerprint density at radius 2 is 2.00 bits per heavy atom. The van der Waals surface area contributed by atoms with Gasteiger partial charge in [-0.15, -0.1) is 0 Å². The second-order valence-electron chi connectivity index (χ2n) is 6.00. The second-order valence-corrected chi connectivity index (χ2v) is 6.00. The van der Waals surface area contributed by atoms with Crippen LogP contribution in [0.2, 0.25) is 0 Å². The summed E-state index contributed by atoms with van der Waals surface area (Å²) in [5.41, 5.74) is 4.96. The van der Waals surface area contributed by atoms with Crippen LogP contribution in [0, 0.1) is 11.8 Å². The van der Waals surface area contributed by atoms with Gasteiger partial charge in [-0.2, -0.15) is 5.10 Å². The van der Waals surface area contributed by atoms with Crippen LogP contribution in [0.5, 0.6) is 0 Å². The molecule has 0 spiro atoms. The summed E-state index contributed by atoms with van der Waals surface area (Å²) in [6.45, 7) is 4.02. The Morgan fingerprint density at radius 3 is 2.59 bits per heavy atom. The van der Waals surface area contributed by atoms with Crippen molar-refractivity contribution in [3.63, 3.8) is 0 Å². The van der Waals surface area contributed by atoms with E-state index in [1.165, 1.54) is 0 Å². The Labute approximate surface area is 128 Å². The highest BCUT2D eigenvalue weighted by Crippen LogP contribution is 2.32. The molecule has 22 heavy (non-hydrogen) atoms. The molecule has 1 heterocycles. The number of nitrogens with one attached hydrogen (secondary N) is 2. The molecule has 1 aromatic rings. The average molecular weight is 301 g/mol. The van der Waals surface area contributed by atoms with Gasteiger partial charge < -0.3 is 4.74 Å². The topological polar surface area (TPSA) is 79.8 Å². The highest BCUT2D eigenvalue weighted by molar-refractivity contribution is 6.06. The summed E-state index contributed by atoms with van der Waals surface area (Å²) in [6, 6.07) is 7.36. The molecular weight excluding hydrogens is 282 g/mol. The average Bonchev–Trinajstić information content (AvgIpc) is 3.15. The number of carbonyl (C=O) groups excluding carboxylic acids is 2. The Hall–Kier alpha value is -2.37. The molecule has 3 unspecified atom stereocenters. The van der Waals surface area contributed by atoms with Crippen LogP contribution < -0.4 is 10.7 Å². The molecule has 6 heteroatoms. The van der Waals surface area contributed by atoms with Crippen molar-refractivity contribution in [1.29, 1.82) is 0 Å². The molecule has 1 aliphatic heterocycles. The van der Waals surface area contributed by atoms with Gasteiger partial charge in [-0.1, -0.05) is 26.0 Å². The molecule has 1 aromatic carbocycles. The second kappa shape index (κ2) is 5.79. The van der Waals surface area contributed by atoms with Gasteiger partial charge in [-0.3, -0.25) is 10.1 Å². The smallest absolute Gasteiger partial charge is 0.411 e. The predicted octanol–water partition coefficient (Wildman–Crippen LogP) is 2.50. The number of rotatable bonds is 3. The largest absolute Gasteiger partial charge is 0.446 e. The number of hydrogen-bond acceptors (Lipinski definition) is 4. The van der Waals surface area contributed by atoms with E-state index >= 15 is 0 Å². The van der Waals surface area contributed by atoms with Crippen LogP contribution in [0.1, 0.15) is 32.3 Å². The molecule has 0 bridgehead atoms. The molecule has 6 nitrogen and oxygen atoms in total. The first-order valence-electron chi connectivity index (χ1n) is 7.47. The van der Waals surface area contributed by atoms with E-state index in [4.69, 9.17) is 4.74 Å². The molecule has 0 aromatic heterocycles. The van der Waals surface area contributed by atoms with Crippen molar-refractivity contribution in [3.8, 4) is 0 Å². The van der Waals surface area contributed by atoms with Crippen molar-refractivity contribution in [2.45, 2.75) is 32.8 Å². The lowest BCUT2D eigenvalue weighted by Crippen LogP contribution is -2.31. The summed E-state index contributed by atoms with van der Waals surface area (Å²) in [5.74, 6) is 0.481. The van der Waals surface area contributed by atoms with Crippen LogP contribution in [0.3, 0.4) is 0 Å². The van der Waals surface area contributed by atoms with E-state index in [0.29, 0.717) is 18.0 Å². The van der Waals surface area contributed by atoms with E-state index in [0.717, 1.165) is 17.7 Å². The van der Waals surface area contributed by atoms with Crippen molar-refractivity contribution in [3.05, 3.63) is 29.8 Å². The number of anilines is 1. The van der Waals surface area contributed by atoms with E-state index in [1.807, 2.05) is 19.1 Å². The maximum absolute atomic E-state index is 11.7. The Kier molecular flexibility index (Phi) is 3.83. The van der Waals surface area contributed by atoms with Gasteiger partial charge in [0.1, 0.15) is 6.10 Å². The molecule has 2 amide bonds. The molecule has 0 saturated heterocycles. The quantitative estimate of drug-likeness (QED) is 0.900. The van der Waals surface area contributed by atoms with E-state index < -0.39 is 6.09 Å². The molecule has 3 atom stereocenters. The molecule has 1 saturated carbocycles. The molecule has 2 aliphatic rings. The lowest BCUT2D eigenvalue weighted by atomic mass is 9.94. The molecule has 1 fully saturated rings. The molecular formula is C16H19N3O3. The lowest BCUT2D eigenvalue weighted by Gasteiger charge is -2.19. The fraction of sp³-hybridized carbons (Fsp3) is 0.438. The van der Waals surface area contributed by atoms with Crippen LogP contribution in [0.15, 0.2) is 29.4 Å². The maximum Gasteiger partial charge on any atom is 0.411 e. The minimum atomic E-state index is -0.419. The summed E-state index contributed by atoms with van der Waals surface area (Å²) in [6.07, 6.45) is 1.01. The summed E-state index contributed by atoms with van der Waals surface area (Å²) < 4.78 is 5.23. The monoisotopic (exact) mass is 301 g/mol. The summed E-state index contributed by atoms with van der Waals surface area (Å²) in [5, 5.41) is 6.82. The Bertz CT molecular complexity index is 624. The van der Waals surface area contributed by atoms with Gasteiger partial charge in [0.05, 0.1) is 5.71 Å². The summed E-state index contributed by atoms with van der Waals surface area (Å²) in [4.78, 5) is 22.9. The number of hydrogen-bond donors (Lipinski definition) is 2. The van der Waals surface area contributed by atoms with Crippen LogP contribution in [-0.4, -0.2) is 23.8 Å². The van der Waals surface area contributed by atoms with Gasteiger partial charge in [0.15, 0.2) is 0 Å². The zero-order chi connectivity index (χ0) is 15.7. The van der Waals surface area contributed by atoms with E-state index in [1.54, 1.807) is 12.1 Å². The van der Waals surface area contributed by atoms with E-state index in [9.17, 15) is 9.59 Å². The van der Waals surface area contributed by atoms with Gasteiger partial charge >= 0.3 is 6.09 Å². The summed E-state index contributed by atoms with van der Waals surface area (Å²) in [7, 11) is 0. The maximum atomic E-state index is 11.7. The molecule has 3 rings (SSSR count). The summed E-state index contributed by atoms with van der Waals surface area (Å²) >= 11 is 0. The van der Waals surface area contributed by atoms with Crippen molar-refractivity contribution in [2.75, 3.05) is 5.32 Å². The lowest BCUT2D eigenvalue weighted by molar-refractivity contribution is -0.121. The van der Waals surface area contributed by atoms with Gasteiger partial charge in [0, 0.05) is 18.0 Å². The fourth-order valence-electron chi connectivity index (χ4n) is 2.46. The van der Waals surface area contributed by atoms with Gasteiger partial charge in [0.25, 0.3) is 0 Å². The number of amides is 2. The number of hydrazone groups is 1. The van der Waals surface area contributed by atoms with Crippen molar-refractivity contribution in [1.82, 2.24) is 5.43 Å². The number of benzene rings is 1. The molecule has 2 N–H and O–H groups in total. The highest BCUT2D eigenvalue weighted by Gasteiger charge is 2.36. The van der Waals surface area contributed by atoms with Crippen LogP contribution in [-0.2, 0) is 9.53 Å². The van der Waals surface area contributed by atoms with Crippen LogP contribution in [0.4, 0.5) is 10.5 Å². The first-order chi connectivity index (χ1) is 10.5. The van der Waals surface area contributed by atoms with E-state index in [2.05, 4.69) is 22.8 Å². The first-order valence-corrected chi connectivity index (χ1v) is 7.47. The minimum Gasteiger partial charge on any atom is -0.446 e. The molecule has 116 valence electrons. The van der Waals surface area contributed by atoms with Gasteiger partial charge in [0.2, 0.25) is 5.91 Å². The normalized spacial score (nSPS) is 26.7. The third-order valence-electron chi connectivity index (χ3n) is 3.98. The SMILES string of the molecule is CC1CC(=O)NN=C1c1ccc(NC(=O)OC2CC2C)cc1. The predicted molar refractivity (Wildman–Crippen MR) is 82.6 cm³/mol. The van der Waals surface area contributed by atoms with Crippen molar-refractivity contribution < 1.29 is 14.3 Å². The first kappa shape index (κ1) is 14.6. The number of nitrogens with zero attached hydrogens (tertiary/aromatic N) is 1. The number of carbonyl (C=O) groups is 2. The molecule has 0 radical (unpaired) electrons. The zero-order valence-corrected chi connectivity index (χ0v) is 12.6. The standard InChI is InChI=1S/C16H19N3O3/c1-9-7-13(9)22-16(21)17-12-5-3-11(4-6-12)15-10(2)8-14(20)18-19-15/h3-6,9-10,13H,7-8H2,1-2H3,(H,17,21)(H,18,20). The Morgan fingerprint density at radius 1 is 1.32 bits per heavy atom.